The molecular weight excluding hydrogens is 380 g/mol. The van der Waals surface area contributed by atoms with E-state index in [0.29, 0.717) is 32.1 Å². The third-order valence-electron chi connectivity index (χ3n) is 6.54. The quantitative estimate of drug-likeness (QED) is 0.376. The predicted octanol–water partition coefficient (Wildman–Crippen LogP) is 3.18. The van der Waals surface area contributed by atoms with Crippen LogP contribution in [-0.4, -0.2) is 87.1 Å². The second-order valence-corrected chi connectivity index (χ2v) is 9.04. The molecule has 1 heterocycles. The monoisotopic (exact) mass is 424 g/mol. The molecule has 1 unspecified atom stereocenters. The van der Waals surface area contributed by atoms with Crippen LogP contribution in [0.2, 0.25) is 0 Å². The number of Topliss-reactive ketones (excluding diaryl/α,β-unsaturated/α-hetero) is 2. The van der Waals surface area contributed by atoms with Gasteiger partial charge in [0.15, 0.2) is 0 Å². The van der Waals surface area contributed by atoms with Crippen molar-refractivity contribution >= 4 is 11.6 Å². The Kier molecular flexibility index (Phi) is 12.1. The Labute approximate surface area is 183 Å². The molecule has 0 aromatic carbocycles. The Hall–Kier alpha value is -0.820. The minimum Gasteiger partial charge on any atom is -0.381 e. The first kappa shape index (κ1) is 25.4. The molecule has 1 saturated carbocycles. The first-order valence-corrected chi connectivity index (χ1v) is 12.2. The van der Waals surface area contributed by atoms with Crippen LogP contribution >= 0.6 is 0 Å². The summed E-state index contributed by atoms with van der Waals surface area (Å²) in [4.78, 5) is 30.9. The summed E-state index contributed by atoms with van der Waals surface area (Å²) in [6.07, 6.45) is 6.30. The molecule has 0 amide bonds. The van der Waals surface area contributed by atoms with Crippen LogP contribution in [0.4, 0.5) is 0 Å². The van der Waals surface area contributed by atoms with Crippen LogP contribution in [0, 0.1) is 11.8 Å². The molecule has 3 atom stereocenters. The number of nitrogens with zero attached hydrogens (tertiary/aromatic N) is 2. The van der Waals surface area contributed by atoms with Gasteiger partial charge in [-0.1, -0.05) is 13.8 Å². The first-order chi connectivity index (χ1) is 14.6. The van der Waals surface area contributed by atoms with Crippen LogP contribution < -0.4 is 0 Å². The molecule has 2 fully saturated rings. The number of likely N-dealkylation sites (N-methyl/N-ethyl adjacent to an activating group) is 1. The molecule has 0 aromatic rings. The number of carbonyl (C=O) groups is 2. The zero-order valence-corrected chi connectivity index (χ0v) is 19.6. The van der Waals surface area contributed by atoms with Crippen molar-refractivity contribution in [2.24, 2.45) is 11.8 Å². The Balaban J connectivity index is 1.89. The summed E-state index contributed by atoms with van der Waals surface area (Å²) in [5, 5.41) is 0. The van der Waals surface area contributed by atoms with E-state index in [0.717, 1.165) is 77.9 Å². The molecule has 1 aliphatic carbocycles. The van der Waals surface area contributed by atoms with Crippen LogP contribution in [-0.2, 0) is 19.1 Å². The van der Waals surface area contributed by atoms with Crippen LogP contribution in [0.3, 0.4) is 0 Å². The van der Waals surface area contributed by atoms with Crippen molar-refractivity contribution in [3.8, 4) is 0 Å². The molecule has 0 aromatic heterocycles. The van der Waals surface area contributed by atoms with Gasteiger partial charge in [-0.05, 0) is 45.6 Å². The normalized spacial score (nSPS) is 25.6. The van der Waals surface area contributed by atoms with Gasteiger partial charge in [0.25, 0.3) is 0 Å². The predicted molar refractivity (Wildman–Crippen MR) is 120 cm³/mol. The third-order valence-corrected chi connectivity index (χ3v) is 6.54. The standard InChI is InChI=1S/C24H44N2O4/c1-4-14-29-16-6-8-23(27)21-18-20(26-12-10-25(3)11-13-26)19-22(21)24(28)9-7-17-30-15-5-2/h20-22H,4-19H2,1-3H3/t20?,21-,22+. The van der Waals surface area contributed by atoms with Gasteiger partial charge < -0.3 is 14.4 Å². The van der Waals surface area contributed by atoms with Crippen molar-refractivity contribution in [2.45, 2.75) is 71.3 Å². The summed E-state index contributed by atoms with van der Waals surface area (Å²) in [6.45, 7) is 11.2. The van der Waals surface area contributed by atoms with E-state index in [9.17, 15) is 9.59 Å². The molecule has 0 radical (unpaired) electrons. The molecule has 174 valence electrons. The Morgan fingerprint density at radius 3 is 1.67 bits per heavy atom. The fourth-order valence-electron chi connectivity index (χ4n) is 4.77. The molecule has 6 nitrogen and oxygen atoms in total. The molecule has 1 aliphatic heterocycles. The summed E-state index contributed by atoms with van der Waals surface area (Å²) >= 11 is 0. The summed E-state index contributed by atoms with van der Waals surface area (Å²) in [7, 11) is 2.16. The Morgan fingerprint density at radius 2 is 1.23 bits per heavy atom. The fraction of sp³-hybridized carbons (Fsp3) is 0.917. The maximum atomic E-state index is 13.0. The summed E-state index contributed by atoms with van der Waals surface area (Å²) in [5.74, 6) is 0.328. The van der Waals surface area contributed by atoms with E-state index in [-0.39, 0.29) is 23.4 Å². The van der Waals surface area contributed by atoms with E-state index in [1.165, 1.54) is 0 Å². The average molecular weight is 425 g/mol. The van der Waals surface area contributed by atoms with E-state index >= 15 is 0 Å². The zero-order valence-electron chi connectivity index (χ0n) is 19.6. The minimum atomic E-state index is -0.107. The number of piperazine rings is 1. The molecule has 0 spiro atoms. The smallest absolute Gasteiger partial charge is 0.136 e. The van der Waals surface area contributed by atoms with Gasteiger partial charge in [0, 0.05) is 83.3 Å². The lowest BCUT2D eigenvalue weighted by Gasteiger charge is -2.36. The highest BCUT2D eigenvalue weighted by Crippen LogP contribution is 2.38. The third kappa shape index (κ3) is 8.37. The molecule has 1 saturated heterocycles. The largest absolute Gasteiger partial charge is 0.381 e. The Bertz CT molecular complexity index is 471. The van der Waals surface area contributed by atoms with Crippen molar-refractivity contribution in [3.05, 3.63) is 0 Å². The number of ketones is 2. The van der Waals surface area contributed by atoms with E-state index in [4.69, 9.17) is 9.47 Å². The van der Waals surface area contributed by atoms with Crippen molar-refractivity contribution in [1.82, 2.24) is 9.80 Å². The van der Waals surface area contributed by atoms with Crippen LogP contribution in [0.25, 0.3) is 0 Å². The first-order valence-electron chi connectivity index (χ1n) is 12.2. The van der Waals surface area contributed by atoms with Crippen molar-refractivity contribution in [3.63, 3.8) is 0 Å². The molecule has 2 aliphatic rings. The van der Waals surface area contributed by atoms with Gasteiger partial charge >= 0.3 is 0 Å². The average Bonchev–Trinajstić information content (AvgIpc) is 3.19. The number of hydrogen-bond acceptors (Lipinski definition) is 6. The lowest BCUT2D eigenvalue weighted by Crippen LogP contribution is -2.48. The molecule has 0 N–H and O–H groups in total. The molecule has 0 bridgehead atoms. The summed E-state index contributed by atoms with van der Waals surface area (Å²) in [6, 6.07) is 0.370. The highest BCUT2D eigenvalue weighted by Gasteiger charge is 2.43. The summed E-state index contributed by atoms with van der Waals surface area (Å²) < 4.78 is 11.1. The second kappa shape index (κ2) is 14.3. The number of ether oxygens (including phenoxy) is 2. The van der Waals surface area contributed by atoms with Crippen LogP contribution in [0.5, 0.6) is 0 Å². The fourth-order valence-corrected chi connectivity index (χ4v) is 4.77. The van der Waals surface area contributed by atoms with Crippen molar-refractivity contribution in [1.29, 1.82) is 0 Å². The van der Waals surface area contributed by atoms with E-state index in [1.54, 1.807) is 0 Å². The van der Waals surface area contributed by atoms with E-state index in [2.05, 4.69) is 30.7 Å². The van der Waals surface area contributed by atoms with Crippen molar-refractivity contribution in [2.75, 3.05) is 59.7 Å². The number of rotatable bonds is 15. The van der Waals surface area contributed by atoms with Gasteiger partial charge in [-0.25, -0.2) is 0 Å². The lowest BCUT2D eigenvalue weighted by atomic mass is 9.85. The topological polar surface area (TPSA) is 59.1 Å². The molecular formula is C24H44N2O4. The van der Waals surface area contributed by atoms with Crippen molar-refractivity contribution < 1.29 is 19.1 Å². The maximum absolute atomic E-state index is 13.0. The minimum absolute atomic E-state index is 0.107. The van der Waals surface area contributed by atoms with Gasteiger partial charge in [0.2, 0.25) is 0 Å². The molecule has 30 heavy (non-hydrogen) atoms. The van der Waals surface area contributed by atoms with Gasteiger partial charge in [0.05, 0.1) is 0 Å². The molecule has 6 heteroatoms. The maximum Gasteiger partial charge on any atom is 0.136 e. The van der Waals surface area contributed by atoms with E-state index < -0.39 is 0 Å². The van der Waals surface area contributed by atoms with Gasteiger partial charge in [-0.2, -0.15) is 0 Å². The highest BCUT2D eigenvalue weighted by atomic mass is 16.5. The SMILES string of the molecule is CCCOCCCC(=O)[C@H]1CC(N2CCN(C)CC2)C[C@H]1C(=O)CCCOCCC. The van der Waals surface area contributed by atoms with Crippen LogP contribution in [0.15, 0.2) is 0 Å². The zero-order chi connectivity index (χ0) is 21.8. The second-order valence-electron chi connectivity index (χ2n) is 9.04. The van der Waals surface area contributed by atoms with E-state index in [1.807, 2.05) is 0 Å². The van der Waals surface area contributed by atoms with Gasteiger partial charge in [0.1, 0.15) is 11.6 Å². The van der Waals surface area contributed by atoms with Gasteiger partial charge in [-0.15, -0.1) is 0 Å². The Morgan fingerprint density at radius 1 is 0.767 bits per heavy atom. The highest BCUT2D eigenvalue weighted by molar-refractivity contribution is 5.90. The number of carbonyl (C=O) groups excluding carboxylic acids is 2. The number of hydrogen-bond donors (Lipinski definition) is 0. The molecule has 2 rings (SSSR count). The lowest BCUT2D eigenvalue weighted by molar-refractivity contribution is -0.131. The summed E-state index contributed by atoms with van der Waals surface area (Å²) in [5.41, 5.74) is 0. The van der Waals surface area contributed by atoms with Crippen LogP contribution in [0.1, 0.15) is 65.2 Å². The van der Waals surface area contributed by atoms with Gasteiger partial charge in [-0.3, -0.25) is 14.5 Å².